The van der Waals surface area contributed by atoms with Gasteiger partial charge in [0.15, 0.2) is 0 Å². The normalized spacial score (nSPS) is 18.9. The van der Waals surface area contributed by atoms with E-state index >= 15 is 0 Å². The van der Waals surface area contributed by atoms with Crippen LogP contribution in [0.25, 0.3) is 0 Å². The second-order valence-electron chi connectivity index (χ2n) is 10.3. The van der Waals surface area contributed by atoms with Crippen LogP contribution in [0, 0.1) is 5.92 Å². The van der Waals surface area contributed by atoms with Crippen LogP contribution >= 0.6 is 0 Å². The lowest BCUT2D eigenvalue weighted by Gasteiger charge is -2.41. The molecular formula is C28H38N4O2. The third-order valence-corrected chi connectivity index (χ3v) is 6.86. The first kappa shape index (κ1) is 24.3. The Morgan fingerprint density at radius 3 is 2.26 bits per heavy atom. The zero-order valence-electron chi connectivity index (χ0n) is 21.1. The third kappa shape index (κ3) is 5.27. The van der Waals surface area contributed by atoms with E-state index < -0.39 is 0 Å². The molecule has 0 bridgehead atoms. The van der Waals surface area contributed by atoms with Crippen LogP contribution in [0.4, 0.5) is 11.4 Å². The van der Waals surface area contributed by atoms with Crippen molar-refractivity contribution in [3.63, 3.8) is 0 Å². The van der Waals surface area contributed by atoms with Gasteiger partial charge in [-0.25, -0.2) is 0 Å². The quantitative estimate of drug-likeness (QED) is 0.643. The summed E-state index contributed by atoms with van der Waals surface area (Å²) in [4.78, 5) is 33.1. The van der Waals surface area contributed by atoms with Crippen LogP contribution in [0.5, 0.6) is 0 Å². The molecule has 182 valence electrons. The molecule has 34 heavy (non-hydrogen) atoms. The molecule has 4 rings (SSSR count). The number of carbonyl (C=O) groups is 2. The van der Waals surface area contributed by atoms with Crippen LogP contribution in [0.1, 0.15) is 62.5 Å². The number of nitrogens with one attached hydrogen (secondary N) is 1. The minimum Gasteiger partial charge on any atom is -0.366 e. The van der Waals surface area contributed by atoms with Crippen LogP contribution in [0.15, 0.2) is 48.5 Å². The average Bonchev–Trinajstić information content (AvgIpc) is 3.65. The topological polar surface area (TPSA) is 55.9 Å². The summed E-state index contributed by atoms with van der Waals surface area (Å²) in [6.45, 7) is 10.9. The molecule has 1 saturated carbocycles. The maximum atomic E-state index is 14.1. The number of carbonyl (C=O) groups excluding carboxylic acids is 2. The number of hydrogen-bond donors (Lipinski definition) is 1. The Kier molecular flexibility index (Phi) is 7.27. The lowest BCUT2D eigenvalue weighted by Crippen LogP contribution is -2.49. The molecule has 2 amide bonds. The summed E-state index contributed by atoms with van der Waals surface area (Å²) in [6, 6.07) is 16.5. The monoisotopic (exact) mass is 462 g/mol. The highest BCUT2D eigenvalue weighted by atomic mass is 16.2. The van der Waals surface area contributed by atoms with Gasteiger partial charge in [0.2, 0.25) is 5.91 Å². The van der Waals surface area contributed by atoms with Gasteiger partial charge in [-0.15, -0.1) is 0 Å². The van der Waals surface area contributed by atoms with Crippen molar-refractivity contribution in [1.29, 1.82) is 0 Å². The van der Waals surface area contributed by atoms with E-state index in [-0.39, 0.29) is 35.9 Å². The Morgan fingerprint density at radius 2 is 1.65 bits per heavy atom. The molecule has 1 aliphatic heterocycles. The predicted octanol–water partition coefficient (Wildman–Crippen LogP) is 4.79. The summed E-state index contributed by atoms with van der Waals surface area (Å²) in [6.07, 6.45) is 1.92. The van der Waals surface area contributed by atoms with E-state index in [9.17, 15) is 9.59 Å². The highest BCUT2D eigenvalue weighted by molar-refractivity contribution is 6.02. The number of piperazine rings is 1. The summed E-state index contributed by atoms with van der Waals surface area (Å²) in [5, 5.41) is 3.07. The van der Waals surface area contributed by atoms with Gasteiger partial charge in [0, 0.05) is 43.3 Å². The molecule has 1 unspecified atom stereocenters. The molecule has 6 nitrogen and oxygen atoms in total. The second-order valence-corrected chi connectivity index (χ2v) is 10.3. The minimum atomic E-state index is 0.00101. The van der Waals surface area contributed by atoms with Gasteiger partial charge < -0.3 is 20.0 Å². The van der Waals surface area contributed by atoms with E-state index in [2.05, 4.69) is 62.0 Å². The summed E-state index contributed by atoms with van der Waals surface area (Å²) in [7, 11) is 2.11. The van der Waals surface area contributed by atoms with E-state index in [1.165, 1.54) is 0 Å². The van der Waals surface area contributed by atoms with Crippen LogP contribution in [-0.2, 0) is 4.79 Å². The zero-order valence-corrected chi connectivity index (χ0v) is 21.1. The van der Waals surface area contributed by atoms with Crippen LogP contribution in [-0.4, -0.2) is 60.4 Å². The summed E-state index contributed by atoms with van der Waals surface area (Å²) >= 11 is 0. The Morgan fingerprint density at radius 1 is 0.971 bits per heavy atom. The minimum absolute atomic E-state index is 0.00101. The van der Waals surface area contributed by atoms with Crippen molar-refractivity contribution in [3.8, 4) is 0 Å². The van der Waals surface area contributed by atoms with Crippen molar-refractivity contribution in [3.05, 3.63) is 59.7 Å². The largest absolute Gasteiger partial charge is 0.366 e. The van der Waals surface area contributed by atoms with Gasteiger partial charge in [0.25, 0.3) is 5.91 Å². The van der Waals surface area contributed by atoms with Gasteiger partial charge in [0.1, 0.15) is 0 Å². The predicted molar refractivity (Wildman–Crippen MR) is 138 cm³/mol. The van der Waals surface area contributed by atoms with Crippen LogP contribution in [0.3, 0.4) is 0 Å². The molecule has 0 radical (unpaired) electrons. The number of anilines is 2. The summed E-state index contributed by atoms with van der Waals surface area (Å²) in [5.41, 5.74) is 3.49. The van der Waals surface area contributed by atoms with Gasteiger partial charge in [-0.2, -0.15) is 0 Å². The fourth-order valence-corrected chi connectivity index (χ4v) is 5.02. The van der Waals surface area contributed by atoms with Gasteiger partial charge in [0.05, 0.1) is 17.3 Å². The lowest BCUT2D eigenvalue weighted by molar-refractivity contribution is -0.117. The maximum absolute atomic E-state index is 14.1. The average molecular weight is 463 g/mol. The van der Waals surface area contributed by atoms with Gasteiger partial charge in [-0.1, -0.05) is 30.3 Å². The SMILES string of the molecule is CC(C)N(c1cc(NC(=O)C2CC2)ccc1C(=O)N1CCN(C)CC1c1ccccc1)C(C)C. The summed E-state index contributed by atoms with van der Waals surface area (Å²) < 4.78 is 0. The number of nitrogens with zero attached hydrogens (tertiary/aromatic N) is 3. The smallest absolute Gasteiger partial charge is 0.256 e. The van der Waals surface area contributed by atoms with Crippen molar-refractivity contribution in [2.24, 2.45) is 5.92 Å². The summed E-state index contributed by atoms with van der Waals surface area (Å²) in [5.74, 6) is 0.255. The Balaban J connectivity index is 1.72. The molecule has 1 atom stereocenters. The molecule has 2 aromatic carbocycles. The first-order chi connectivity index (χ1) is 16.3. The highest BCUT2D eigenvalue weighted by Crippen LogP contribution is 2.35. The van der Waals surface area contributed by atoms with Crippen molar-refractivity contribution in [1.82, 2.24) is 9.80 Å². The van der Waals surface area contributed by atoms with Crippen LogP contribution in [0.2, 0.25) is 0 Å². The Labute approximate surface area is 203 Å². The molecule has 1 N–H and O–H groups in total. The second kappa shape index (κ2) is 10.2. The first-order valence-electron chi connectivity index (χ1n) is 12.5. The first-order valence-corrected chi connectivity index (χ1v) is 12.5. The Hall–Kier alpha value is -2.86. The number of benzene rings is 2. The lowest BCUT2D eigenvalue weighted by atomic mass is 9.99. The van der Waals surface area contributed by atoms with E-state index in [1.807, 2.05) is 41.3 Å². The molecule has 2 aromatic rings. The van der Waals surface area contributed by atoms with Gasteiger partial charge in [-0.05, 0) is 71.3 Å². The molecule has 2 aliphatic rings. The molecule has 2 fully saturated rings. The van der Waals surface area contributed by atoms with E-state index in [4.69, 9.17) is 0 Å². The highest BCUT2D eigenvalue weighted by Gasteiger charge is 2.34. The number of rotatable bonds is 7. The van der Waals surface area contributed by atoms with E-state index in [0.29, 0.717) is 12.1 Å². The molecule has 0 aromatic heterocycles. The molecule has 0 spiro atoms. The van der Waals surface area contributed by atoms with Gasteiger partial charge in [-0.3, -0.25) is 9.59 Å². The number of amides is 2. The van der Waals surface area contributed by atoms with Gasteiger partial charge >= 0.3 is 0 Å². The zero-order chi connectivity index (χ0) is 24.4. The van der Waals surface area contributed by atoms with E-state index in [1.54, 1.807) is 0 Å². The Bertz CT molecular complexity index is 1010. The molecule has 1 saturated heterocycles. The number of likely N-dealkylation sites (N-methyl/N-ethyl adjacent to an activating group) is 1. The molecule has 6 heteroatoms. The fourth-order valence-electron chi connectivity index (χ4n) is 5.02. The van der Waals surface area contributed by atoms with Crippen LogP contribution < -0.4 is 10.2 Å². The van der Waals surface area contributed by atoms with E-state index in [0.717, 1.165) is 42.9 Å². The fraction of sp³-hybridized carbons (Fsp3) is 0.500. The number of hydrogen-bond acceptors (Lipinski definition) is 4. The molecule has 1 aliphatic carbocycles. The molecule has 1 heterocycles. The van der Waals surface area contributed by atoms with Crippen molar-refractivity contribution >= 4 is 23.2 Å². The van der Waals surface area contributed by atoms with Crippen molar-refractivity contribution < 1.29 is 9.59 Å². The maximum Gasteiger partial charge on any atom is 0.256 e. The standard InChI is InChI=1S/C28H38N4O2/c1-19(2)32(20(3)4)25-17-23(29-27(33)22-11-12-22)13-14-24(25)28(34)31-16-15-30(5)18-26(31)21-9-7-6-8-10-21/h6-10,13-14,17,19-20,22,26H,11-12,15-16,18H2,1-5H3,(H,29,33). The third-order valence-electron chi connectivity index (χ3n) is 6.86. The van der Waals surface area contributed by atoms with Crippen molar-refractivity contribution in [2.45, 2.75) is 58.7 Å². The molecular weight excluding hydrogens is 424 g/mol. The van der Waals surface area contributed by atoms with Crippen molar-refractivity contribution in [2.75, 3.05) is 36.9 Å².